The van der Waals surface area contributed by atoms with Crippen molar-refractivity contribution in [1.29, 1.82) is 0 Å². The van der Waals surface area contributed by atoms with E-state index in [0.717, 1.165) is 32.7 Å². The third-order valence-corrected chi connectivity index (χ3v) is 3.56. The lowest BCUT2D eigenvalue weighted by Crippen LogP contribution is -1.95. The van der Waals surface area contributed by atoms with Crippen molar-refractivity contribution in [2.24, 2.45) is 0 Å². The van der Waals surface area contributed by atoms with Gasteiger partial charge >= 0.3 is 0 Å². The van der Waals surface area contributed by atoms with E-state index in [-0.39, 0.29) is 0 Å². The predicted molar refractivity (Wildman–Crippen MR) is 70.0 cm³/mol. The molecule has 0 radical (unpaired) electrons. The molecule has 16 heavy (non-hydrogen) atoms. The first-order chi connectivity index (χ1) is 7.76. The lowest BCUT2D eigenvalue weighted by atomic mass is 10.3. The molecule has 0 bridgehead atoms. The first kappa shape index (κ1) is 11.5. The van der Waals surface area contributed by atoms with Gasteiger partial charge in [-0.1, -0.05) is 22.9 Å². The Labute approximate surface area is 103 Å². The van der Waals surface area contributed by atoms with E-state index in [2.05, 4.69) is 10.3 Å². The highest BCUT2D eigenvalue weighted by Crippen LogP contribution is 2.37. The highest BCUT2D eigenvalue weighted by atomic mass is 35.5. The van der Waals surface area contributed by atoms with Crippen LogP contribution in [0.4, 0.5) is 5.13 Å². The SMILES string of the molecule is CCNc1nc2c(OCC)ccc(Cl)c2s1. The molecule has 0 aliphatic heterocycles. The maximum Gasteiger partial charge on any atom is 0.183 e. The number of nitrogens with one attached hydrogen (secondary N) is 1. The molecule has 2 rings (SSSR count). The van der Waals surface area contributed by atoms with Crippen LogP contribution in [0.1, 0.15) is 13.8 Å². The van der Waals surface area contributed by atoms with Crippen LogP contribution >= 0.6 is 22.9 Å². The second-order valence-corrected chi connectivity index (χ2v) is 4.61. The quantitative estimate of drug-likeness (QED) is 0.904. The Morgan fingerprint density at radius 2 is 2.25 bits per heavy atom. The predicted octanol–water partition coefficient (Wildman–Crippen LogP) is 3.78. The van der Waals surface area contributed by atoms with Gasteiger partial charge in [-0.25, -0.2) is 4.98 Å². The fourth-order valence-corrected chi connectivity index (χ4v) is 2.67. The number of ether oxygens (including phenoxy) is 1. The largest absolute Gasteiger partial charge is 0.492 e. The number of aromatic nitrogens is 1. The van der Waals surface area contributed by atoms with E-state index in [1.54, 1.807) is 11.3 Å². The summed E-state index contributed by atoms with van der Waals surface area (Å²) in [7, 11) is 0. The normalized spacial score (nSPS) is 10.7. The molecule has 3 nitrogen and oxygen atoms in total. The van der Waals surface area contributed by atoms with Gasteiger partial charge in [0.1, 0.15) is 11.3 Å². The van der Waals surface area contributed by atoms with E-state index in [4.69, 9.17) is 16.3 Å². The van der Waals surface area contributed by atoms with Gasteiger partial charge in [-0.3, -0.25) is 0 Å². The van der Waals surface area contributed by atoms with E-state index in [1.165, 1.54) is 0 Å². The summed E-state index contributed by atoms with van der Waals surface area (Å²) in [6.45, 7) is 5.47. The molecule has 1 aromatic carbocycles. The van der Waals surface area contributed by atoms with E-state index in [0.29, 0.717) is 6.61 Å². The maximum atomic E-state index is 6.13. The summed E-state index contributed by atoms with van der Waals surface area (Å²) in [5.74, 6) is 0.794. The fraction of sp³-hybridized carbons (Fsp3) is 0.364. The van der Waals surface area contributed by atoms with Crippen molar-refractivity contribution in [2.45, 2.75) is 13.8 Å². The second kappa shape index (κ2) is 4.89. The van der Waals surface area contributed by atoms with Gasteiger partial charge in [0, 0.05) is 6.54 Å². The molecule has 0 aliphatic carbocycles. The molecule has 0 amide bonds. The molecule has 1 heterocycles. The van der Waals surface area contributed by atoms with Crippen LogP contribution in [0.25, 0.3) is 10.2 Å². The number of halogens is 1. The average Bonchev–Trinajstić information content (AvgIpc) is 2.68. The summed E-state index contributed by atoms with van der Waals surface area (Å²) in [6.07, 6.45) is 0. The van der Waals surface area contributed by atoms with Gasteiger partial charge in [-0.15, -0.1) is 0 Å². The van der Waals surface area contributed by atoms with Gasteiger partial charge < -0.3 is 10.1 Å². The van der Waals surface area contributed by atoms with E-state index >= 15 is 0 Å². The third-order valence-electron chi connectivity index (χ3n) is 2.09. The number of anilines is 1. The Bertz CT molecular complexity index is 498. The molecule has 5 heteroatoms. The van der Waals surface area contributed by atoms with Crippen LogP contribution < -0.4 is 10.1 Å². The molecular weight excluding hydrogens is 244 g/mol. The summed E-state index contributed by atoms with van der Waals surface area (Å²) in [5, 5.41) is 4.79. The van der Waals surface area contributed by atoms with Crippen LogP contribution in [0.5, 0.6) is 5.75 Å². The van der Waals surface area contributed by atoms with Crippen LogP contribution in [0.2, 0.25) is 5.02 Å². The van der Waals surface area contributed by atoms with Crippen molar-refractivity contribution in [2.75, 3.05) is 18.5 Å². The monoisotopic (exact) mass is 256 g/mol. The molecule has 0 aliphatic rings. The minimum atomic E-state index is 0.630. The van der Waals surface area contributed by atoms with Crippen molar-refractivity contribution in [3.8, 4) is 5.75 Å². The van der Waals surface area contributed by atoms with Gasteiger partial charge in [-0.05, 0) is 26.0 Å². The first-order valence-electron chi connectivity index (χ1n) is 5.22. The molecule has 2 aromatic rings. The zero-order valence-electron chi connectivity index (χ0n) is 9.21. The number of nitrogens with zero attached hydrogens (tertiary/aromatic N) is 1. The van der Waals surface area contributed by atoms with E-state index in [1.807, 2.05) is 26.0 Å². The second-order valence-electron chi connectivity index (χ2n) is 3.21. The molecule has 0 spiro atoms. The summed E-state index contributed by atoms with van der Waals surface area (Å²) in [6, 6.07) is 3.71. The summed E-state index contributed by atoms with van der Waals surface area (Å²) in [5.41, 5.74) is 0.843. The van der Waals surface area contributed by atoms with Crippen molar-refractivity contribution >= 4 is 38.3 Å². The van der Waals surface area contributed by atoms with Crippen LogP contribution in [-0.4, -0.2) is 18.1 Å². The Kier molecular flexibility index (Phi) is 3.51. The number of hydrogen-bond donors (Lipinski definition) is 1. The average molecular weight is 257 g/mol. The molecule has 1 N–H and O–H groups in total. The van der Waals surface area contributed by atoms with Gasteiger partial charge in [0.2, 0.25) is 0 Å². The smallest absolute Gasteiger partial charge is 0.183 e. The Morgan fingerprint density at radius 3 is 2.94 bits per heavy atom. The fourth-order valence-electron chi connectivity index (χ4n) is 1.45. The van der Waals surface area contributed by atoms with Gasteiger partial charge in [0.05, 0.1) is 16.3 Å². The molecule has 0 unspecified atom stereocenters. The van der Waals surface area contributed by atoms with Gasteiger partial charge in [0.15, 0.2) is 5.13 Å². The zero-order chi connectivity index (χ0) is 11.5. The summed E-state index contributed by atoms with van der Waals surface area (Å²) < 4.78 is 6.50. The lowest BCUT2D eigenvalue weighted by Gasteiger charge is -2.03. The van der Waals surface area contributed by atoms with Crippen LogP contribution in [0.15, 0.2) is 12.1 Å². The van der Waals surface area contributed by atoms with Crippen LogP contribution in [0.3, 0.4) is 0 Å². The summed E-state index contributed by atoms with van der Waals surface area (Å²) in [4.78, 5) is 4.48. The Morgan fingerprint density at radius 1 is 1.44 bits per heavy atom. The number of hydrogen-bond acceptors (Lipinski definition) is 4. The minimum Gasteiger partial charge on any atom is -0.492 e. The molecule has 0 saturated heterocycles. The van der Waals surface area contributed by atoms with Crippen molar-refractivity contribution in [3.05, 3.63) is 17.2 Å². The number of thiazole rings is 1. The molecule has 86 valence electrons. The molecule has 1 aromatic heterocycles. The van der Waals surface area contributed by atoms with Crippen molar-refractivity contribution < 1.29 is 4.74 Å². The molecule has 0 saturated carbocycles. The van der Waals surface area contributed by atoms with Crippen molar-refractivity contribution in [1.82, 2.24) is 4.98 Å². The highest BCUT2D eigenvalue weighted by molar-refractivity contribution is 7.22. The molecule has 0 fully saturated rings. The first-order valence-corrected chi connectivity index (χ1v) is 6.41. The topological polar surface area (TPSA) is 34.2 Å². The molecule has 0 atom stereocenters. The van der Waals surface area contributed by atoms with Gasteiger partial charge in [0.25, 0.3) is 0 Å². The summed E-state index contributed by atoms with van der Waals surface area (Å²) >= 11 is 7.68. The maximum absolute atomic E-state index is 6.13. The highest BCUT2D eigenvalue weighted by Gasteiger charge is 2.11. The Balaban J connectivity index is 2.53. The Hall–Kier alpha value is -1.000. The zero-order valence-corrected chi connectivity index (χ0v) is 10.8. The minimum absolute atomic E-state index is 0.630. The molecular formula is C11H13ClN2OS. The van der Waals surface area contributed by atoms with Gasteiger partial charge in [-0.2, -0.15) is 0 Å². The lowest BCUT2D eigenvalue weighted by molar-refractivity contribution is 0.344. The van der Waals surface area contributed by atoms with E-state index < -0.39 is 0 Å². The standard InChI is InChI=1S/C11H13ClN2OS/c1-3-13-11-14-9-8(15-4-2)6-5-7(12)10(9)16-11/h5-6H,3-4H2,1-2H3,(H,13,14). The third kappa shape index (κ3) is 2.08. The van der Waals surface area contributed by atoms with E-state index in [9.17, 15) is 0 Å². The number of benzene rings is 1. The number of rotatable bonds is 4. The van der Waals surface area contributed by atoms with Crippen LogP contribution in [0, 0.1) is 0 Å². The van der Waals surface area contributed by atoms with Crippen LogP contribution in [-0.2, 0) is 0 Å². The van der Waals surface area contributed by atoms with Crippen molar-refractivity contribution in [3.63, 3.8) is 0 Å². The number of fused-ring (bicyclic) bond motifs is 1.